The van der Waals surface area contributed by atoms with Gasteiger partial charge in [-0.1, -0.05) is 36.1 Å². The van der Waals surface area contributed by atoms with Crippen molar-refractivity contribution in [2.45, 2.75) is 29.9 Å². The van der Waals surface area contributed by atoms with Crippen LogP contribution >= 0.6 is 11.8 Å². The second kappa shape index (κ2) is 14.3. The van der Waals surface area contributed by atoms with Gasteiger partial charge in [0.2, 0.25) is 0 Å². The number of nitrogens with zero attached hydrogens (tertiary/aromatic N) is 1. The molecule has 2 aliphatic rings. The maximum atomic E-state index is 10.8. The zero-order valence-electron chi connectivity index (χ0n) is 23.3. The average molecular weight is 570 g/mol. The molecule has 1 N–H and O–H groups in total. The van der Waals surface area contributed by atoms with Gasteiger partial charge in [0.1, 0.15) is 18.1 Å². The van der Waals surface area contributed by atoms with Crippen molar-refractivity contribution < 1.29 is 24.1 Å². The maximum Gasteiger partial charge on any atom is 0.341 e. The number of rotatable bonds is 11. The molecule has 6 nitrogen and oxygen atoms in total. The molecule has 2 fully saturated rings. The summed E-state index contributed by atoms with van der Waals surface area (Å²) in [6, 6.07) is 22.6. The molecule has 1 aliphatic carbocycles. The van der Waals surface area contributed by atoms with Crippen molar-refractivity contribution in [1.29, 1.82) is 0 Å². The van der Waals surface area contributed by atoms with Gasteiger partial charge in [0, 0.05) is 28.8 Å². The zero-order valence-corrected chi connectivity index (χ0v) is 24.1. The van der Waals surface area contributed by atoms with Crippen LogP contribution in [0.15, 0.2) is 77.7 Å². The molecule has 7 heteroatoms. The molecule has 3 aromatic carbocycles. The van der Waals surface area contributed by atoms with Gasteiger partial charge < -0.3 is 19.3 Å². The van der Waals surface area contributed by atoms with Crippen molar-refractivity contribution >= 4 is 23.3 Å². The first kappa shape index (κ1) is 28.8. The van der Waals surface area contributed by atoms with E-state index in [9.17, 15) is 4.79 Å². The van der Waals surface area contributed by atoms with Crippen LogP contribution in [0.1, 0.15) is 35.1 Å². The SMILES string of the molecule is Cc1cc(OC/C=C(\c2ccc(C#CCN3CCOCC3)cc2)c2ccc(SC3CC3)cc2)ccc1OCC(=O)O. The van der Waals surface area contributed by atoms with Crippen LogP contribution in [-0.2, 0) is 9.53 Å². The van der Waals surface area contributed by atoms with Crippen LogP contribution in [0.2, 0.25) is 0 Å². The normalized spacial score (nSPS) is 15.6. The van der Waals surface area contributed by atoms with Gasteiger partial charge in [-0.25, -0.2) is 4.79 Å². The lowest BCUT2D eigenvalue weighted by Gasteiger charge is -2.24. The highest BCUT2D eigenvalue weighted by molar-refractivity contribution is 8.00. The third-order valence-electron chi connectivity index (χ3n) is 6.86. The minimum absolute atomic E-state index is 0.372. The fraction of sp³-hybridized carbons (Fsp3) is 0.324. The zero-order chi connectivity index (χ0) is 28.4. The lowest BCUT2D eigenvalue weighted by molar-refractivity contribution is -0.139. The summed E-state index contributed by atoms with van der Waals surface area (Å²) >= 11 is 1.96. The molecule has 3 aromatic rings. The van der Waals surface area contributed by atoms with Gasteiger partial charge in [-0.2, -0.15) is 0 Å². The van der Waals surface area contributed by atoms with E-state index in [1.807, 2.05) is 24.8 Å². The molecule has 0 radical (unpaired) electrons. The van der Waals surface area contributed by atoms with Crippen LogP contribution in [0.3, 0.4) is 0 Å². The molecule has 0 atom stereocenters. The fourth-order valence-electron chi connectivity index (χ4n) is 4.47. The van der Waals surface area contributed by atoms with Gasteiger partial charge in [0.05, 0.1) is 19.8 Å². The number of hydrogen-bond acceptors (Lipinski definition) is 6. The molecule has 0 spiro atoms. The lowest BCUT2D eigenvalue weighted by atomic mass is 9.97. The maximum absolute atomic E-state index is 10.8. The minimum atomic E-state index is -1.00. The summed E-state index contributed by atoms with van der Waals surface area (Å²) in [7, 11) is 0. The molecule has 41 heavy (non-hydrogen) atoms. The molecule has 0 aromatic heterocycles. The number of benzene rings is 3. The Morgan fingerprint density at radius 1 is 1.02 bits per heavy atom. The number of aryl methyl sites for hydroxylation is 1. The Balaban J connectivity index is 1.29. The van der Waals surface area contributed by atoms with E-state index >= 15 is 0 Å². The van der Waals surface area contributed by atoms with E-state index < -0.39 is 5.97 Å². The molecule has 1 aliphatic heterocycles. The van der Waals surface area contributed by atoms with Gasteiger partial charge in [-0.05, 0) is 90.6 Å². The minimum Gasteiger partial charge on any atom is -0.489 e. The first-order chi connectivity index (χ1) is 20.0. The Morgan fingerprint density at radius 3 is 2.39 bits per heavy atom. The summed E-state index contributed by atoms with van der Waals surface area (Å²) in [5, 5.41) is 9.63. The van der Waals surface area contributed by atoms with Crippen LogP contribution in [0.5, 0.6) is 11.5 Å². The van der Waals surface area contributed by atoms with Crippen molar-refractivity contribution in [1.82, 2.24) is 4.90 Å². The predicted octanol–water partition coefficient (Wildman–Crippen LogP) is 5.91. The third kappa shape index (κ3) is 8.89. The second-order valence-corrected chi connectivity index (χ2v) is 11.5. The summed E-state index contributed by atoms with van der Waals surface area (Å²) in [5.41, 5.74) is 5.15. The molecule has 1 saturated heterocycles. The van der Waals surface area contributed by atoms with E-state index in [2.05, 4.69) is 71.3 Å². The van der Waals surface area contributed by atoms with Crippen LogP contribution in [-0.4, -0.2) is 67.3 Å². The van der Waals surface area contributed by atoms with Crippen molar-refractivity contribution in [3.63, 3.8) is 0 Å². The standard InChI is InChI=1S/C34H35NO5S/c1-25-23-29(10-15-33(25)40-24-34(36)37)39-20-16-32(28-8-11-30(12-9-28)41-31-13-14-31)27-6-4-26(5-7-27)3-2-17-35-18-21-38-22-19-35/h4-12,15-16,23,31H,13-14,17-22,24H2,1H3,(H,36,37)/b32-16+. The Kier molecular flexibility index (Phi) is 10.0. The van der Waals surface area contributed by atoms with Crippen LogP contribution in [0.25, 0.3) is 5.57 Å². The van der Waals surface area contributed by atoms with E-state index in [0.717, 1.165) is 65.9 Å². The Morgan fingerprint density at radius 2 is 1.73 bits per heavy atom. The van der Waals surface area contributed by atoms with E-state index in [1.54, 1.807) is 12.1 Å². The predicted molar refractivity (Wildman–Crippen MR) is 163 cm³/mol. The summed E-state index contributed by atoms with van der Waals surface area (Å²) < 4.78 is 16.8. The first-order valence-corrected chi connectivity index (χ1v) is 14.9. The Hall–Kier alpha value is -3.70. The molecular weight excluding hydrogens is 534 g/mol. The molecule has 5 rings (SSSR count). The molecule has 212 valence electrons. The molecule has 0 amide bonds. The number of carboxylic acids is 1. The monoisotopic (exact) mass is 569 g/mol. The molecular formula is C34H35NO5S. The highest BCUT2D eigenvalue weighted by Crippen LogP contribution is 2.39. The van der Waals surface area contributed by atoms with Gasteiger partial charge in [0.25, 0.3) is 0 Å². The van der Waals surface area contributed by atoms with Gasteiger partial charge in [-0.3, -0.25) is 4.90 Å². The highest BCUT2D eigenvalue weighted by atomic mass is 32.2. The van der Waals surface area contributed by atoms with Crippen molar-refractivity contribution in [3.05, 3.63) is 95.1 Å². The summed E-state index contributed by atoms with van der Waals surface area (Å²) in [6.45, 7) is 6.06. The van der Waals surface area contributed by atoms with E-state index in [1.165, 1.54) is 17.7 Å². The summed E-state index contributed by atoms with van der Waals surface area (Å²) in [5.74, 6) is 6.82. The van der Waals surface area contributed by atoms with Crippen LogP contribution < -0.4 is 9.47 Å². The fourth-order valence-corrected chi connectivity index (χ4v) is 5.52. The number of thioether (sulfide) groups is 1. The largest absolute Gasteiger partial charge is 0.489 e. The van der Waals surface area contributed by atoms with Crippen LogP contribution in [0.4, 0.5) is 0 Å². The number of carbonyl (C=O) groups is 1. The van der Waals surface area contributed by atoms with Gasteiger partial charge in [-0.15, -0.1) is 11.8 Å². The number of morpholine rings is 1. The number of hydrogen-bond donors (Lipinski definition) is 1. The molecule has 1 saturated carbocycles. The highest BCUT2D eigenvalue weighted by Gasteiger charge is 2.22. The van der Waals surface area contributed by atoms with E-state index in [0.29, 0.717) is 18.1 Å². The quantitative estimate of drug-likeness (QED) is 0.288. The second-order valence-electron chi connectivity index (χ2n) is 10.1. The number of carboxylic acid groups (broad SMARTS) is 1. The third-order valence-corrected chi connectivity index (χ3v) is 8.21. The average Bonchev–Trinajstić information content (AvgIpc) is 3.80. The van der Waals surface area contributed by atoms with Crippen molar-refractivity contribution in [2.24, 2.45) is 0 Å². The van der Waals surface area contributed by atoms with Crippen molar-refractivity contribution in [3.8, 4) is 23.3 Å². The first-order valence-electron chi connectivity index (χ1n) is 14.0. The Bertz CT molecular complexity index is 1410. The molecule has 0 bridgehead atoms. The molecule has 1 heterocycles. The van der Waals surface area contributed by atoms with Crippen molar-refractivity contribution in [2.75, 3.05) is 46.1 Å². The van der Waals surface area contributed by atoms with Gasteiger partial charge >= 0.3 is 5.97 Å². The van der Waals surface area contributed by atoms with Crippen LogP contribution in [0, 0.1) is 18.8 Å². The summed E-state index contributed by atoms with van der Waals surface area (Å²) in [4.78, 5) is 14.4. The Labute approximate surface area is 246 Å². The topological polar surface area (TPSA) is 68.2 Å². The molecule has 0 unspecified atom stereocenters. The van der Waals surface area contributed by atoms with Gasteiger partial charge in [0.15, 0.2) is 6.61 Å². The number of aliphatic carboxylic acids is 1. The smallest absolute Gasteiger partial charge is 0.341 e. The van der Waals surface area contributed by atoms with E-state index in [4.69, 9.17) is 19.3 Å². The van der Waals surface area contributed by atoms with E-state index in [-0.39, 0.29) is 6.61 Å². The lowest BCUT2D eigenvalue weighted by Crippen LogP contribution is -2.36. The summed E-state index contributed by atoms with van der Waals surface area (Å²) in [6.07, 6.45) is 4.72. The number of ether oxygens (including phenoxy) is 3.